The van der Waals surface area contributed by atoms with Gasteiger partial charge in [0.25, 0.3) is 0 Å². The third-order valence-corrected chi connectivity index (χ3v) is 4.01. The normalized spacial score (nSPS) is 28.0. The predicted molar refractivity (Wildman–Crippen MR) is 66.5 cm³/mol. The number of likely N-dealkylation sites (N-methyl/N-ethyl adjacent to an activating group) is 1. The summed E-state index contributed by atoms with van der Waals surface area (Å²) < 4.78 is 36.7. The Labute approximate surface area is 111 Å². The lowest BCUT2D eigenvalue weighted by Gasteiger charge is -2.33. The molecule has 7 heteroatoms. The van der Waals surface area contributed by atoms with Crippen LogP contribution in [0.4, 0.5) is 13.2 Å². The van der Waals surface area contributed by atoms with Crippen LogP contribution in [-0.2, 0) is 4.79 Å². The summed E-state index contributed by atoms with van der Waals surface area (Å²) in [5.41, 5.74) is 4.70. The Kier molecular flexibility index (Phi) is 5.20. The molecule has 1 amide bonds. The van der Waals surface area contributed by atoms with Crippen LogP contribution in [0.2, 0.25) is 0 Å². The molecule has 0 aromatic rings. The van der Waals surface area contributed by atoms with Crippen LogP contribution in [-0.4, -0.2) is 49.7 Å². The van der Waals surface area contributed by atoms with Crippen molar-refractivity contribution in [3.8, 4) is 0 Å². The molecule has 1 aliphatic carbocycles. The van der Waals surface area contributed by atoms with Gasteiger partial charge in [0.15, 0.2) is 0 Å². The maximum atomic E-state index is 12.2. The highest BCUT2D eigenvalue weighted by Gasteiger charge is 2.46. The van der Waals surface area contributed by atoms with E-state index < -0.39 is 24.2 Å². The number of carbonyl (C=O) groups is 1. The van der Waals surface area contributed by atoms with E-state index in [1.54, 1.807) is 7.05 Å². The summed E-state index contributed by atoms with van der Waals surface area (Å²) in [6, 6.07) is 0. The molecule has 0 radical (unpaired) electrons. The van der Waals surface area contributed by atoms with Crippen molar-refractivity contribution in [2.45, 2.75) is 37.4 Å². The van der Waals surface area contributed by atoms with Crippen LogP contribution in [0.25, 0.3) is 0 Å². The van der Waals surface area contributed by atoms with Gasteiger partial charge in [-0.05, 0) is 45.8 Å². The highest BCUT2D eigenvalue weighted by molar-refractivity contribution is 5.85. The Morgan fingerprint density at radius 3 is 2.63 bits per heavy atom. The van der Waals surface area contributed by atoms with Crippen molar-refractivity contribution in [1.82, 2.24) is 10.2 Å². The van der Waals surface area contributed by atoms with Crippen LogP contribution in [0.5, 0.6) is 0 Å². The number of amides is 1. The van der Waals surface area contributed by atoms with Gasteiger partial charge in [-0.1, -0.05) is 6.42 Å². The van der Waals surface area contributed by atoms with E-state index in [1.807, 2.05) is 0 Å². The highest BCUT2D eigenvalue weighted by Crippen LogP contribution is 2.37. The second-order valence-corrected chi connectivity index (χ2v) is 5.32. The lowest BCUT2D eigenvalue weighted by molar-refractivity contribution is -0.143. The quantitative estimate of drug-likeness (QED) is 0.767. The molecule has 2 unspecified atom stereocenters. The molecular formula is C12H22F3N3O. The molecule has 3 N–H and O–H groups in total. The zero-order chi connectivity index (χ0) is 14.7. The van der Waals surface area contributed by atoms with Gasteiger partial charge in [0, 0.05) is 0 Å². The summed E-state index contributed by atoms with van der Waals surface area (Å²) >= 11 is 0. The number of alkyl halides is 3. The number of rotatable bonds is 6. The Morgan fingerprint density at radius 1 is 1.53 bits per heavy atom. The molecule has 1 saturated carbocycles. The molecule has 1 fully saturated rings. The molecule has 0 aliphatic heterocycles. The number of nitrogens with one attached hydrogen (secondary N) is 1. The van der Waals surface area contributed by atoms with Crippen molar-refractivity contribution in [1.29, 1.82) is 0 Å². The number of halogens is 3. The summed E-state index contributed by atoms with van der Waals surface area (Å²) in [7, 11) is 3.12. The average Bonchev–Trinajstić information content (AvgIpc) is 2.67. The molecular weight excluding hydrogens is 259 g/mol. The first-order chi connectivity index (χ1) is 8.71. The maximum absolute atomic E-state index is 12.2. The third kappa shape index (κ3) is 4.07. The zero-order valence-electron chi connectivity index (χ0n) is 11.4. The fraction of sp³-hybridized carbons (Fsp3) is 0.917. The van der Waals surface area contributed by atoms with Gasteiger partial charge in [0.1, 0.15) is 5.54 Å². The number of primary amides is 1. The van der Waals surface area contributed by atoms with Crippen molar-refractivity contribution in [3.63, 3.8) is 0 Å². The Balaban J connectivity index is 2.54. The monoisotopic (exact) mass is 281 g/mol. The van der Waals surface area contributed by atoms with Gasteiger partial charge in [-0.3, -0.25) is 9.69 Å². The minimum absolute atomic E-state index is 0.00526. The van der Waals surface area contributed by atoms with Gasteiger partial charge in [-0.2, -0.15) is 13.2 Å². The van der Waals surface area contributed by atoms with E-state index in [1.165, 1.54) is 11.9 Å². The van der Waals surface area contributed by atoms with Crippen LogP contribution in [0.3, 0.4) is 0 Å². The first kappa shape index (κ1) is 16.2. The SMILES string of the molecule is CNC1(C(N)=O)CCCC1CCN(C)CC(F)(F)F. The smallest absolute Gasteiger partial charge is 0.368 e. The van der Waals surface area contributed by atoms with Gasteiger partial charge in [0.05, 0.1) is 6.54 Å². The maximum Gasteiger partial charge on any atom is 0.401 e. The largest absolute Gasteiger partial charge is 0.401 e. The molecule has 0 bridgehead atoms. The lowest BCUT2D eigenvalue weighted by Crippen LogP contribution is -2.56. The van der Waals surface area contributed by atoms with E-state index in [2.05, 4.69) is 5.32 Å². The molecule has 1 rings (SSSR count). The van der Waals surface area contributed by atoms with E-state index in [9.17, 15) is 18.0 Å². The van der Waals surface area contributed by atoms with E-state index in [4.69, 9.17) is 5.73 Å². The first-order valence-electron chi connectivity index (χ1n) is 6.45. The Morgan fingerprint density at radius 2 is 2.16 bits per heavy atom. The summed E-state index contributed by atoms with van der Waals surface area (Å²) in [4.78, 5) is 12.8. The molecule has 2 atom stereocenters. The van der Waals surface area contributed by atoms with Crippen molar-refractivity contribution < 1.29 is 18.0 Å². The molecule has 0 aromatic heterocycles. The van der Waals surface area contributed by atoms with Crippen LogP contribution in [0.1, 0.15) is 25.7 Å². The van der Waals surface area contributed by atoms with Gasteiger partial charge >= 0.3 is 6.18 Å². The lowest BCUT2D eigenvalue weighted by atomic mass is 9.84. The second-order valence-electron chi connectivity index (χ2n) is 5.32. The number of hydrogen-bond donors (Lipinski definition) is 2. The molecule has 4 nitrogen and oxygen atoms in total. The zero-order valence-corrected chi connectivity index (χ0v) is 11.4. The van der Waals surface area contributed by atoms with Gasteiger partial charge in [-0.25, -0.2) is 0 Å². The minimum Gasteiger partial charge on any atom is -0.368 e. The second kappa shape index (κ2) is 6.09. The number of nitrogens with zero attached hydrogens (tertiary/aromatic N) is 1. The van der Waals surface area contributed by atoms with Gasteiger partial charge in [-0.15, -0.1) is 0 Å². The third-order valence-electron chi connectivity index (χ3n) is 4.01. The summed E-state index contributed by atoms with van der Waals surface area (Å²) in [6.07, 6.45) is -1.29. The van der Waals surface area contributed by atoms with Crippen LogP contribution in [0, 0.1) is 5.92 Å². The van der Waals surface area contributed by atoms with Crippen LogP contribution >= 0.6 is 0 Å². The van der Waals surface area contributed by atoms with Gasteiger partial charge < -0.3 is 11.1 Å². The topological polar surface area (TPSA) is 58.4 Å². The number of nitrogens with two attached hydrogens (primary N) is 1. The van der Waals surface area contributed by atoms with E-state index >= 15 is 0 Å². The first-order valence-corrected chi connectivity index (χ1v) is 6.45. The van der Waals surface area contributed by atoms with Crippen molar-refractivity contribution in [3.05, 3.63) is 0 Å². The fourth-order valence-corrected chi connectivity index (χ4v) is 3.01. The molecule has 0 saturated heterocycles. The fourth-order valence-electron chi connectivity index (χ4n) is 3.01. The van der Waals surface area contributed by atoms with Crippen molar-refractivity contribution in [2.24, 2.45) is 11.7 Å². The van der Waals surface area contributed by atoms with Crippen LogP contribution in [0.15, 0.2) is 0 Å². The molecule has 1 aliphatic rings. The molecule has 19 heavy (non-hydrogen) atoms. The summed E-state index contributed by atoms with van der Waals surface area (Å²) in [5, 5.41) is 2.98. The predicted octanol–water partition coefficient (Wildman–Crippen LogP) is 1.11. The highest BCUT2D eigenvalue weighted by atomic mass is 19.4. The molecule has 0 heterocycles. The Hall–Kier alpha value is -0.820. The number of carbonyl (C=O) groups excluding carboxylic acids is 1. The number of hydrogen-bond acceptors (Lipinski definition) is 3. The van der Waals surface area contributed by atoms with E-state index in [-0.39, 0.29) is 5.92 Å². The molecule has 0 aromatic carbocycles. The summed E-state index contributed by atoms with van der Waals surface area (Å²) in [6.45, 7) is -0.621. The minimum atomic E-state index is -4.19. The average molecular weight is 281 g/mol. The van der Waals surface area contributed by atoms with Gasteiger partial charge in [0.2, 0.25) is 5.91 Å². The van der Waals surface area contributed by atoms with E-state index in [0.29, 0.717) is 19.4 Å². The molecule has 112 valence electrons. The van der Waals surface area contributed by atoms with Crippen molar-refractivity contribution >= 4 is 5.91 Å². The Bertz CT molecular complexity index is 322. The molecule has 0 spiro atoms. The van der Waals surface area contributed by atoms with Crippen molar-refractivity contribution in [2.75, 3.05) is 27.2 Å². The standard InChI is InChI=1S/C12H22F3N3O/c1-17-11(10(16)19)6-3-4-9(11)5-7-18(2)8-12(13,14)15/h9,17H,3-8H2,1-2H3,(H2,16,19). The summed E-state index contributed by atoms with van der Waals surface area (Å²) in [5.74, 6) is -0.401. The van der Waals surface area contributed by atoms with E-state index in [0.717, 1.165) is 12.8 Å². The van der Waals surface area contributed by atoms with Crippen LogP contribution < -0.4 is 11.1 Å².